The number of nitrogens with zero attached hydrogens (tertiary/aromatic N) is 2. The van der Waals surface area contributed by atoms with Gasteiger partial charge in [0.1, 0.15) is 5.01 Å². The van der Waals surface area contributed by atoms with Gasteiger partial charge < -0.3 is 9.30 Å². The van der Waals surface area contributed by atoms with E-state index in [0.717, 1.165) is 27.7 Å². The van der Waals surface area contributed by atoms with Crippen molar-refractivity contribution in [2.45, 2.75) is 27.3 Å². The Morgan fingerprint density at radius 2 is 2.00 bits per heavy atom. The second-order valence-electron chi connectivity index (χ2n) is 5.60. The first-order valence-electron chi connectivity index (χ1n) is 7.93. The highest BCUT2D eigenvalue weighted by Gasteiger charge is 2.17. The van der Waals surface area contributed by atoms with Crippen LogP contribution >= 0.6 is 11.3 Å². The van der Waals surface area contributed by atoms with Crippen LogP contribution in [0.1, 0.15) is 34.4 Å². The topological polar surface area (TPSA) is 44.1 Å². The summed E-state index contributed by atoms with van der Waals surface area (Å²) in [5.74, 6) is -0.264. The molecule has 2 heterocycles. The Morgan fingerprint density at radius 3 is 2.71 bits per heavy atom. The van der Waals surface area contributed by atoms with E-state index >= 15 is 0 Å². The fourth-order valence-electron chi connectivity index (χ4n) is 2.71. The van der Waals surface area contributed by atoms with E-state index in [9.17, 15) is 4.79 Å². The van der Waals surface area contributed by atoms with Crippen molar-refractivity contribution in [1.29, 1.82) is 0 Å². The van der Waals surface area contributed by atoms with Gasteiger partial charge in [0.25, 0.3) is 0 Å². The molecule has 0 amide bonds. The summed E-state index contributed by atoms with van der Waals surface area (Å²) in [7, 11) is 0. The zero-order valence-electron chi connectivity index (χ0n) is 14.1. The number of hydrogen-bond acceptors (Lipinski definition) is 4. The monoisotopic (exact) mass is 340 g/mol. The van der Waals surface area contributed by atoms with Crippen LogP contribution in [0.2, 0.25) is 0 Å². The summed E-state index contributed by atoms with van der Waals surface area (Å²) in [4.78, 5) is 16.8. The molecule has 0 aliphatic heterocycles. The maximum absolute atomic E-state index is 12.0. The molecule has 0 spiro atoms. The molecule has 0 saturated carbocycles. The van der Waals surface area contributed by atoms with Gasteiger partial charge in [-0.15, -0.1) is 11.3 Å². The molecule has 0 aliphatic rings. The molecule has 2 aromatic heterocycles. The van der Waals surface area contributed by atoms with Gasteiger partial charge in [-0.3, -0.25) is 0 Å². The molecule has 0 atom stereocenters. The fraction of sp³-hybridized carbons (Fsp3) is 0.263. The summed E-state index contributed by atoms with van der Waals surface area (Å²) in [6, 6.07) is 12.0. The molecular formula is C19H20N2O2S. The van der Waals surface area contributed by atoms with Crippen molar-refractivity contribution in [2.75, 3.05) is 6.61 Å². The summed E-state index contributed by atoms with van der Waals surface area (Å²) < 4.78 is 7.23. The molecule has 0 fully saturated rings. The number of carbonyl (C=O) groups is 1. The van der Waals surface area contributed by atoms with Crippen molar-refractivity contribution >= 4 is 17.3 Å². The molecule has 1 aromatic carbocycles. The van der Waals surface area contributed by atoms with Crippen LogP contribution in [0, 0.1) is 13.8 Å². The van der Waals surface area contributed by atoms with E-state index in [-0.39, 0.29) is 5.97 Å². The lowest BCUT2D eigenvalue weighted by Crippen LogP contribution is -2.08. The minimum absolute atomic E-state index is 0.264. The van der Waals surface area contributed by atoms with E-state index in [2.05, 4.69) is 22.1 Å². The van der Waals surface area contributed by atoms with Crippen LogP contribution in [0.4, 0.5) is 0 Å². The summed E-state index contributed by atoms with van der Waals surface area (Å²) in [5.41, 5.74) is 4.70. The summed E-state index contributed by atoms with van der Waals surface area (Å²) in [6.45, 7) is 6.80. The average Bonchev–Trinajstić information content (AvgIpc) is 3.16. The number of aromatic nitrogens is 2. The van der Waals surface area contributed by atoms with Crippen LogP contribution in [0.15, 0.2) is 41.8 Å². The molecular weight excluding hydrogens is 320 g/mol. The van der Waals surface area contributed by atoms with E-state index in [1.807, 2.05) is 45.0 Å². The van der Waals surface area contributed by atoms with Gasteiger partial charge in [-0.1, -0.05) is 30.3 Å². The maximum atomic E-state index is 12.0. The van der Waals surface area contributed by atoms with Crippen LogP contribution in [0.3, 0.4) is 0 Å². The standard InChI is InChI=1S/C19H20N2O2S/c1-4-23-19(22)17-10-13(2)21(14(17)3)11-16-12-24-18(20-16)15-8-6-5-7-9-15/h5-10,12H,4,11H2,1-3H3. The van der Waals surface area contributed by atoms with Crippen LogP contribution < -0.4 is 0 Å². The molecule has 124 valence electrons. The quantitative estimate of drug-likeness (QED) is 0.644. The van der Waals surface area contributed by atoms with E-state index in [1.165, 1.54) is 0 Å². The average molecular weight is 340 g/mol. The predicted octanol–water partition coefficient (Wildman–Crippen LogP) is 4.45. The zero-order valence-corrected chi connectivity index (χ0v) is 14.9. The number of hydrogen-bond donors (Lipinski definition) is 0. The van der Waals surface area contributed by atoms with E-state index in [4.69, 9.17) is 9.72 Å². The Morgan fingerprint density at radius 1 is 1.25 bits per heavy atom. The number of ether oxygens (including phenoxy) is 1. The molecule has 4 nitrogen and oxygen atoms in total. The minimum Gasteiger partial charge on any atom is -0.462 e. The highest BCUT2D eigenvalue weighted by atomic mass is 32.1. The SMILES string of the molecule is CCOC(=O)c1cc(C)n(Cc2csc(-c3ccccc3)n2)c1C. The van der Waals surface area contributed by atoms with Crippen molar-refractivity contribution < 1.29 is 9.53 Å². The highest BCUT2D eigenvalue weighted by Crippen LogP contribution is 2.25. The predicted molar refractivity (Wildman–Crippen MR) is 96.5 cm³/mol. The van der Waals surface area contributed by atoms with Gasteiger partial charge in [-0.2, -0.15) is 0 Å². The van der Waals surface area contributed by atoms with Gasteiger partial charge in [0.05, 0.1) is 24.4 Å². The third-order valence-corrected chi connectivity index (χ3v) is 4.90. The normalized spacial score (nSPS) is 10.8. The first kappa shape index (κ1) is 16.5. The molecule has 0 N–H and O–H groups in total. The molecule has 0 radical (unpaired) electrons. The molecule has 5 heteroatoms. The molecule has 0 saturated heterocycles. The van der Waals surface area contributed by atoms with Crippen molar-refractivity contribution in [2.24, 2.45) is 0 Å². The van der Waals surface area contributed by atoms with Crippen LogP contribution in [0.5, 0.6) is 0 Å². The number of thiazole rings is 1. The smallest absolute Gasteiger partial charge is 0.339 e. The van der Waals surface area contributed by atoms with Crippen molar-refractivity contribution in [3.63, 3.8) is 0 Å². The molecule has 3 aromatic rings. The lowest BCUT2D eigenvalue weighted by atomic mass is 10.2. The third-order valence-electron chi connectivity index (χ3n) is 3.96. The third kappa shape index (κ3) is 3.26. The van der Waals surface area contributed by atoms with E-state index < -0.39 is 0 Å². The van der Waals surface area contributed by atoms with Crippen molar-refractivity contribution in [1.82, 2.24) is 9.55 Å². The first-order valence-corrected chi connectivity index (χ1v) is 8.81. The second-order valence-corrected chi connectivity index (χ2v) is 6.46. The number of benzene rings is 1. The minimum atomic E-state index is -0.264. The summed E-state index contributed by atoms with van der Waals surface area (Å²) in [6.07, 6.45) is 0. The maximum Gasteiger partial charge on any atom is 0.339 e. The van der Waals surface area contributed by atoms with Crippen LogP contribution in [-0.4, -0.2) is 22.1 Å². The molecule has 24 heavy (non-hydrogen) atoms. The van der Waals surface area contributed by atoms with Gasteiger partial charge in [-0.05, 0) is 26.8 Å². The Bertz CT molecular complexity index is 850. The van der Waals surface area contributed by atoms with Gasteiger partial charge in [0.2, 0.25) is 0 Å². The highest BCUT2D eigenvalue weighted by molar-refractivity contribution is 7.13. The van der Waals surface area contributed by atoms with Gasteiger partial charge in [-0.25, -0.2) is 9.78 Å². The Labute approximate surface area is 145 Å². The van der Waals surface area contributed by atoms with Gasteiger partial charge >= 0.3 is 5.97 Å². The van der Waals surface area contributed by atoms with Crippen LogP contribution in [-0.2, 0) is 11.3 Å². The lowest BCUT2D eigenvalue weighted by molar-refractivity contribution is 0.0525. The zero-order chi connectivity index (χ0) is 17.1. The number of esters is 1. The van der Waals surface area contributed by atoms with Crippen molar-refractivity contribution in [3.8, 4) is 10.6 Å². The van der Waals surface area contributed by atoms with Gasteiger partial charge in [0, 0.05) is 22.3 Å². The Balaban J connectivity index is 1.85. The van der Waals surface area contributed by atoms with E-state index in [1.54, 1.807) is 11.3 Å². The summed E-state index contributed by atoms with van der Waals surface area (Å²) in [5, 5.41) is 3.09. The Kier molecular flexibility index (Phi) is 4.81. The lowest BCUT2D eigenvalue weighted by Gasteiger charge is -2.08. The fourth-order valence-corrected chi connectivity index (χ4v) is 3.53. The van der Waals surface area contributed by atoms with E-state index in [0.29, 0.717) is 18.7 Å². The molecule has 0 aliphatic carbocycles. The number of aryl methyl sites for hydroxylation is 1. The van der Waals surface area contributed by atoms with Crippen molar-refractivity contribution in [3.05, 3.63) is 64.4 Å². The number of carbonyl (C=O) groups excluding carboxylic acids is 1. The Hall–Kier alpha value is -2.40. The largest absolute Gasteiger partial charge is 0.462 e. The second kappa shape index (κ2) is 7.01. The summed E-state index contributed by atoms with van der Waals surface area (Å²) >= 11 is 1.64. The van der Waals surface area contributed by atoms with Crippen LogP contribution in [0.25, 0.3) is 10.6 Å². The molecule has 3 rings (SSSR count). The first-order chi connectivity index (χ1) is 11.6. The molecule has 0 unspecified atom stereocenters. The molecule has 0 bridgehead atoms. The number of rotatable bonds is 5. The van der Waals surface area contributed by atoms with Gasteiger partial charge in [0.15, 0.2) is 0 Å².